The van der Waals surface area contributed by atoms with E-state index in [9.17, 15) is 18.0 Å². The van der Waals surface area contributed by atoms with E-state index in [1.807, 2.05) is 0 Å². The molecule has 2 aliphatic rings. The van der Waals surface area contributed by atoms with Crippen molar-refractivity contribution >= 4 is 44.7 Å². The van der Waals surface area contributed by atoms with Gasteiger partial charge in [0.2, 0.25) is 5.91 Å². The number of nitrogens with zero attached hydrogens (tertiary/aromatic N) is 2. The fraction of sp³-hybridized carbons (Fsp3) is 0.348. The van der Waals surface area contributed by atoms with Gasteiger partial charge >= 0.3 is 0 Å². The third-order valence-electron chi connectivity index (χ3n) is 5.89. The van der Waals surface area contributed by atoms with E-state index in [1.165, 1.54) is 12.1 Å². The Bertz CT molecular complexity index is 1190. The molecule has 1 N–H and O–H groups in total. The second kappa shape index (κ2) is 8.67. The Morgan fingerprint density at radius 2 is 1.81 bits per heavy atom. The molecule has 0 bridgehead atoms. The lowest BCUT2D eigenvalue weighted by atomic mass is 9.88. The van der Waals surface area contributed by atoms with Crippen LogP contribution in [0.2, 0.25) is 5.02 Å². The third-order valence-corrected chi connectivity index (χ3v) is 7.25. The standard InChI is InChI=1S/C23H24ClN3O4S/c1-32(30,31)19-7-5-6-18(14-19)25-20(28)15-27-22(29)21(16-8-10-17(24)11-9-16)26-23(27)12-3-2-4-13-23/h5-11,14H,2-4,12-13,15H2,1H3,(H,25,28). The smallest absolute Gasteiger partial charge is 0.275 e. The first-order valence-corrected chi connectivity index (χ1v) is 12.7. The molecule has 2 aromatic carbocycles. The van der Waals surface area contributed by atoms with Gasteiger partial charge in [-0.3, -0.25) is 14.6 Å². The first kappa shape index (κ1) is 22.5. The summed E-state index contributed by atoms with van der Waals surface area (Å²) in [7, 11) is -3.40. The Hall–Kier alpha value is -2.71. The van der Waals surface area contributed by atoms with Gasteiger partial charge in [-0.05, 0) is 56.0 Å². The first-order valence-electron chi connectivity index (χ1n) is 10.5. The Morgan fingerprint density at radius 1 is 1.12 bits per heavy atom. The van der Waals surface area contributed by atoms with Crippen LogP contribution in [0, 0.1) is 0 Å². The van der Waals surface area contributed by atoms with Gasteiger partial charge in [0.1, 0.15) is 17.9 Å². The SMILES string of the molecule is CS(=O)(=O)c1cccc(NC(=O)CN2C(=O)C(c3ccc(Cl)cc3)=NC23CCCCC3)c1. The molecule has 1 fully saturated rings. The van der Waals surface area contributed by atoms with Crippen molar-refractivity contribution in [2.75, 3.05) is 18.1 Å². The van der Waals surface area contributed by atoms with Crippen LogP contribution >= 0.6 is 11.6 Å². The van der Waals surface area contributed by atoms with Gasteiger partial charge in [0.25, 0.3) is 5.91 Å². The lowest BCUT2D eigenvalue weighted by molar-refractivity contribution is -0.134. The summed E-state index contributed by atoms with van der Waals surface area (Å²) in [4.78, 5) is 32.7. The number of hydrogen-bond donors (Lipinski definition) is 1. The van der Waals surface area contributed by atoms with Gasteiger partial charge in [0.05, 0.1) is 4.90 Å². The molecule has 168 valence electrons. The number of nitrogens with one attached hydrogen (secondary N) is 1. The number of rotatable bonds is 5. The predicted octanol–water partition coefficient (Wildman–Crippen LogP) is 3.67. The van der Waals surface area contributed by atoms with Crippen LogP contribution in [-0.2, 0) is 19.4 Å². The van der Waals surface area contributed by atoms with Crippen LogP contribution in [0.1, 0.15) is 37.7 Å². The topological polar surface area (TPSA) is 95.9 Å². The van der Waals surface area contributed by atoms with Gasteiger partial charge in [-0.25, -0.2) is 8.42 Å². The van der Waals surface area contributed by atoms with E-state index in [0.717, 1.165) is 25.5 Å². The zero-order valence-corrected chi connectivity index (χ0v) is 19.2. The number of halogens is 1. The summed E-state index contributed by atoms with van der Waals surface area (Å²) in [6.45, 7) is -0.164. The Kier molecular flexibility index (Phi) is 6.09. The van der Waals surface area contributed by atoms with Gasteiger partial charge in [-0.2, -0.15) is 0 Å². The summed E-state index contributed by atoms with van der Waals surface area (Å²) < 4.78 is 23.6. The van der Waals surface area contributed by atoms with E-state index >= 15 is 0 Å². The molecule has 0 atom stereocenters. The van der Waals surface area contributed by atoms with E-state index < -0.39 is 21.4 Å². The number of sulfone groups is 1. The first-order chi connectivity index (χ1) is 15.2. The highest BCUT2D eigenvalue weighted by atomic mass is 35.5. The molecule has 2 aromatic rings. The number of amides is 2. The van der Waals surface area contributed by atoms with E-state index in [-0.39, 0.29) is 17.3 Å². The molecule has 1 spiro atoms. The average molecular weight is 474 g/mol. The fourth-order valence-electron chi connectivity index (χ4n) is 4.30. The molecule has 7 nitrogen and oxygen atoms in total. The van der Waals surface area contributed by atoms with Gasteiger partial charge < -0.3 is 10.2 Å². The van der Waals surface area contributed by atoms with Crippen LogP contribution in [0.25, 0.3) is 0 Å². The van der Waals surface area contributed by atoms with Gasteiger partial charge in [-0.15, -0.1) is 0 Å². The molecule has 4 rings (SSSR count). The number of aliphatic imine (C=N–C) groups is 1. The highest BCUT2D eigenvalue weighted by Gasteiger charge is 2.48. The highest BCUT2D eigenvalue weighted by molar-refractivity contribution is 7.90. The Balaban J connectivity index is 1.57. The van der Waals surface area contributed by atoms with Crippen molar-refractivity contribution in [1.82, 2.24) is 4.90 Å². The maximum Gasteiger partial charge on any atom is 0.275 e. The summed E-state index contributed by atoms with van der Waals surface area (Å²) in [6, 6.07) is 13.0. The van der Waals surface area contributed by atoms with E-state index in [2.05, 4.69) is 5.32 Å². The molecule has 32 heavy (non-hydrogen) atoms. The van der Waals surface area contributed by atoms with Crippen molar-refractivity contribution in [3.05, 3.63) is 59.1 Å². The molecular formula is C23H24ClN3O4S. The molecule has 2 amide bonds. The molecule has 9 heteroatoms. The predicted molar refractivity (Wildman–Crippen MR) is 124 cm³/mol. The minimum absolute atomic E-state index is 0.115. The molecule has 1 aliphatic heterocycles. The summed E-state index contributed by atoms with van der Waals surface area (Å²) in [6.07, 6.45) is 5.44. The largest absolute Gasteiger partial charge is 0.325 e. The summed E-state index contributed by atoms with van der Waals surface area (Å²) in [5.41, 5.74) is 0.653. The number of benzene rings is 2. The number of hydrogen-bond acceptors (Lipinski definition) is 5. The van der Waals surface area contributed by atoms with Gasteiger partial charge in [0.15, 0.2) is 9.84 Å². The molecule has 0 unspecified atom stereocenters. The number of carbonyl (C=O) groups excluding carboxylic acids is 2. The molecule has 0 radical (unpaired) electrons. The van der Waals surface area contributed by atoms with Crippen LogP contribution in [0.3, 0.4) is 0 Å². The normalized spacial score (nSPS) is 18.0. The average Bonchev–Trinajstić information content (AvgIpc) is 3.00. The second-order valence-electron chi connectivity index (χ2n) is 8.25. The lowest BCUT2D eigenvalue weighted by Crippen LogP contribution is -2.51. The van der Waals surface area contributed by atoms with E-state index in [4.69, 9.17) is 16.6 Å². The maximum atomic E-state index is 13.3. The summed E-state index contributed by atoms with van der Waals surface area (Å²) in [5, 5.41) is 3.29. The quantitative estimate of drug-likeness (QED) is 0.716. The van der Waals surface area contributed by atoms with Crippen LogP contribution in [-0.4, -0.2) is 49.3 Å². The van der Waals surface area contributed by atoms with Crippen molar-refractivity contribution in [3.63, 3.8) is 0 Å². The third kappa shape index (κ3) is 4.56. The molecular weight excluding hydrogens is 450 g/mol. The summed E-state index contributed by atoms with van der Waals surface area (Å²) in [5.74, 6) is -0.684. The Labute approximate surface area is 192 Å². The zero-order valence-electron chi connectivity index (χ0n) is 17.7. The molecule has 1 aliphatic carbocycles. The van der Waals surface area contributed by atoms with Crippen molar-refractivity contribution in [3.8, 4) is 0 Å². The molecule has 1 heterocycles. The van der Waals surface area contributed by atoms with E-state index in [1.54, 1.807) is 41.3 Å². The molecule has 1 saturated carbocycles. The summed E-state index contributed by atoms with van der Waals surface area (Å²) >= 11 is 5.98. The number of anilines is 1. The van der Waals surface area contributed by atoms with Crippen LogP contribution in [0.4, 0.5) is 5.69 Å². The lowest BCUT2D eigenvalue weighted by Gasteiger charge is -2.38. The van der Waals surface area contributed by atoms with Crippen molar-refractivity contribution in [1.29, 1.82) is 0 Å². The highest BCUT2D eigenvalue weighted by Crippen LogP contribution is 2.39. The van der Waals surface area contributed by atoms with Crippen LogP contribution in [0.5, 0.6) is 0 Å². The number of carbonyl (C=O) groups is 2. The molecule has 0 saturated heterocycles. The van der Waals surface area contributed by atoms with Crippen LogP contribution in [0.15, 0.2) is 58.4 Å². The van der Waals surface area contributed by atoms with Crippen molar-refractivity contribution in [2.24, 2.45) is 4.99 Å². The Morgan fingerprint density at radius 3 is 2.47 bits per heavy atom. The monoisotopic (exact) mass is 473 g/mol. The zero-order chi connectivity index (χ0) is 22.9. The van der Waals surface area contributed by atoms with Gasteiger partial charge in [-0.1, -0.05) is 36.2 Å². The minimum Gasteiger partial charge on any atom is -0.325 e. The maximum absolute atomic E-state index is 13.3. The van der Waals surface area contributed by atoms with Crippen molar-refractivity contribution < 1.29 is 18.0 Å². The second-order valence-corrected chi connectivity index (χ2v) is 10.7. The molecule has 0 aromatic heterocycles. The minimum atomic E-state index is -3.40. The van der Waals surface area contributed by atoms with E-state index in [0.29, 0.717) is 34.8 Å². The van der Waals surface area contributed by atoms with Crippen LogP contribution < -0.4 is 5.32 Å². The fourth-order valence-corrected chi connectivity index (χ4v) is 5.09. The van der Waals surface area contributed by atoms with Gasteiger partial charge in [0, 0.05) is 22.5 Å². The van der Waals surface area contributed by atoms with Crippen molar-refractivity contribution in [2.45, 2.75) is 42.7 Å².